The van der Waals surface area contributed by atoms with Crippen LogP contribution in [0, 0.1) is 6.92 Å². The maximum absolute atomic E-state index is 12.7. The molecule has 0 bridgehead atoms. The molecule has 7 heteroatoms. The molecule has 0 aliphatic carbocycles. The Balaban J connectivity index is 1.83. The minimum absolute atomic E-state index is 0.0733. The van der Waals surface area contributed by atoms with E-state index in [4.69, 9.17) is 0 Å². The second kappa shape index (κ2) is 7.72. The first-order valence-corrected chi connectivity index (χ1v) is 9.00. The first-order chi connectivity index (χ1) is 13.3. The first kappa shape index (κ1) is 19.4. The van der Waals surface area contributed by atoms with Crippen molar-refractivity contribution in [2.75, 3.05) is 49.3 Å². The number of carbonyl (C=O) groups is 3. The highest BCUT2D eigenvalue weighted by Crippen LogP contribution is 2.26. The summed E-state index contributed by atoms with van der Waals surface area (Å²) >= 11 is 0. The third kappa shape index (κ3) is 3.83. The van der Waals surface area contributed by atoms with Crippen LogP contribution in [0.3, 0.4) is 0 Å². The SMILES string of the molecule is Cc1ccc(NC(=O)CN2C(=O)CN(C)C(=O)c3ccccc32)cc1N(C)C. The number of nitrogens with zero attached hydrogens (tertiary/aromatic N) is 3. The van der Waals surface area contributed by atoms with Gasteiger partial charge in [0.2, 0.25) is 11.8 Å². The lowest BCUT2D eigenvalue weighted by Gasteiger charge is -2.22. The molecular weight excluding hydrogens is 356 g/mol. The number of hydrogen-bond donors (Lipinski definition) is 1. The molecule has 0 fully saturated rings. The summed E-state index contributed by atoms with van der Waals surface area (Å²) < 4.78 is 0. The molecule has 0 atom stereocenters. The van der Waals surface area contributed by atoms with Crippen LogP contribution in [0.5, 0.6) is 0 Å². The van der Waals surface area contributed by atoms with Crippen molar-refractivity contribution in [3.05, 3.63) is 53.6 Å². The lowest BCUT2D eigenvalue weighted by molar-refractivity contribution is -0.121. The number of fused-ring (bicyclic) bond motifs is 1. The maximum atomic E-state index is 12.7. The largest absolute Gasteiger partial charge is 0.377 e. The van der Waals surface area contributed by atoms with Gasteiger partial charge in [-0.25, -0.2) is 0 Å². The van der Waals surface area contributed by atoms with Gasteiger partial charge in [-0.1, -0.05) is 18.2 Å². The predicted octanol–water partition coefficient (Wildman–Crippen LogP) is 2.12. The zero-order valence-corrected chi connectivity index (χ0v) is 16.5. The second-order valence-corrected chi connectivity index (χ2v) is 7.10. The van der Waals surface area contributed by atoms with E-state index in [1.54, 1.807) is 31.3 Å². The van der Waals surface area contributed by atoms with Gasteiger partial charge in [0, 0.05) is 32.5 Å². The lowest BCUT2D eigenvalue weighted by atomic mass is 10.1. The number of anilines is 3. The van der Waals surface area contributed by atoms with Gasteiger partial charge in [0.15, 0.2) is 0 Å². The van der Waals surface area contributed by atoms with Gasteiger partial charge in [0.05, 0.1) is 11.3 Å². The van der Waals surface area contributed by atoms with Crippen LogP contribution < -0.4 is 15.1 Å². The molecule has 0 saturated carbocycles. The van der Waals surface area contributed by atoms with Gasteiger partial charge in [0.1, 0.15) is 13.1 Å². The van der Waals surface area contributed by atoms with Crippen molar-refractivity contribution in [2.45, 2.75) is 6.92 Å². The highest BCUT2D eigenvalue weighted by atomic mass is 16.2. The lowest BCUT2D eigenvalue weighted by Crippen LogP contribution is -2.41. The van der Waals surface area contributed by atoms with Crippen LogP contribution in [-0.4, -0.2) is 56.9 Å². The number of nitrogens with one attached hydrogen (secondary N) is 1. The van der Waals surface area contributed by atoms with E-state index in [1.807, 2.05) is 44.1 Å². The number of carbonyl (C=O) groups excluding carboxylic acids is 3. The highest BCUT2D eigenvalue weighted by Gasteiger charge is 2.30. The minimum Gasteiger partial charge on any atom is -0.377 e. The smallest absolute Gasteiger partial charge is 0.256 e. The van der Waals surface area contributed by atoms with Crippen LogP contribution in [0.15, 0.2) is 42.5 Å². The molecule has 0 spiro atoms. The molecule has 0 saturated heterocycles. The fourth-order valence-corrected chi connectivity index (χ4v) is 3.28. The van der Waals surface area contributed by atoms with Gasteiger partial charge in [-0.05, 0) is 36.8 Å². The zero-order valence-electron chi connectivity index (χ0n) is 16.5. The van der Waals surface area contributed by atoms with Crippen molar-refractivity contribution in [1.29, 1.82) is 0 Å². The summed E-state index contributed by atoms with van der Waals surface area (Å²) in [6.45, 7) is 1.76. The normalized spacial score (nSPS) is 13.9. The van der Waals surface area contributed by atoms with Crippen LogP contribution in [-0.2, 0) is 9.59 Å². The number of hydrogen-bond acceptors (Lipinski definition) is 4. The molecule has 3 amide bonds. The fourth-order valence-electron chi connectivity index (χ4n) is 3.28. The Hall–Kier alpha value is -3.35. The quantitative estimate of drug-likeness (QED) is 0.882. The summed E-state index contributed by atoms with van der Waals surface area (Å²) in [5, 5.41) is 2.85. The number of aryl methyl sites for hydroxylation is 1. The van der Waals surface area contributed by atoms with Crippen molar-refractivity contribution >= 4 is 34.8 Å². The zero-order chi connectivity index (χ0) is 20.4. The predicted molar refractivity (Wildman–Crippen MR) is 110 cm³/mol. The van der Waals surface area contributed by atoms with Crippen molar-refractivity contribution < 1.29 is 14.4 Å². The van der Waals surface area contributed by atoms with E-state index >= 15 is 0 Å². The standard InChI is InChI=1S/C21H24N4O3/c1-14-9-10-15(11-18(14)23(2)3)22-19(26)12-25-17-8-6-5-7-16(17)21(28)24(4)13-20(25)27/h5-11H,12-13H2,1-4H3,(H,22,26). The third-order valence-electron chi connectivity index (χ3n) is 4.72. The van der Waals surface area contributed by atoms with E-state index in [2.05, 4.69) is 5.32 Å². The molecular formula is C21H24N4O3. The van der Waals surface area contributed by atoms with E-state index in [9.17, 15) is 14.4 Å². The summed E-state index contributed by atoms with van der Waals surface area (Å²) in [7, 11) is 5.46. The Labute approximate surface area is 164 Å². The molecule has 2 aromatic carbocycles. The summed E-state index contributed by atoms with van der Waals surface area (Å²) in [6.07, 6.45) is 0. The van der Waals surface area contributed by atoms with Crippen molar-refractivity contribution in [3.8, 4) is 0 Å². The Bertz CT molecular complexity index is 939. The average Bonchev–Trinajstić information content (AvgIpc) is 2.74. The number of para-hydroxylation sites is 1. The molecule has 1 aliphatic rings. The summed E-state index contributed by atoms with van der Waals surface area (Å²) in [5.41, 5.74) is 3.62. The van der Waals surface area contributed by atoms with Gasteiger partial charge in [-0.3, -0.25) is 14.4 Å². The van der Waals surface area contributed by atoms with Gasteiger partial charge >= 0.3 is 0 Å². The molecule has 1 N–H and O–H groups in total. The molecule has 3 rings (SSSR count). The van der Waals surface area contributed by atoms with E-state index in [0.29, 0.717) is 16.9 Å². The maximum Gasteiger partial charge on any atom is 0.256 e. The highest BCUT2D eigenvalue weighted by molar-refractivity contribution is 6.12. The van der Waals surface area contributed by atoms with Crippen LogP contribution in [0.1, 0.15) is 15.9 Å². The Morgan fingerprint density at radius 3 is 2.57 bits per heavy atom. The number of rotatable bonds is 4. The Morgan fingerprint density at radius 2 is 1.86 bits per heavy atom. The number of amides is 3. The number of benzene rings is 2. The molecule has 0 radical (unpaired) electrons. The van der Waals surface area contributed by atoms with E-state index in [1.165, 1.54) is 9.80 Å². The molecule has 2 aromatic rings. The van der Waals surface area contributed by atoms with Crippen molar-refractivity contribution in [1.82, 2.24) is 4.90 Å². The fraction of sp³-hybridized carbons (Fsp3) is 0.286. The summed E-state index contributed by atoms with van der Waals surface area (Å²) in [4.78, 5) is 42.5. The van der Waals surface area contributed by atoms with Crippen LogP contribution >= 0.6 is 0 Å². The molecule has 0 aromatic heterocycles. The van der Waals surface area contributed by atoms with Gasteiger partial charge < -0.3 is 20.0 Å². The van der Waals surface area contributed by atoms with E-state index < -0.39 is 0 Å². The molecule has 0 unspecified atom stereocenters. The second-order valence-electron chi connectivity index (χ2n) is 7.10. The molecule has 28 heavy (non-hydrogen) atoms. The summed E-state index contributed by atoms with van der Waals surface area (Å²) in [5.74, 6) is -0.858. The Kier molecular flexibility index (Phi) is 5.35. The van der Waals surface area contributed by atoms with Crippen molar-refractivity contribution in [3.63, 3.8) is 0 Å². The number of likely N-dealkylation sites (N-methyl/N-ethyl adjacent to an activating group) is 1. The minimum atomic E-state index is -0.325. The molecule has 146 valence electrons. The van der Waals surface area contributed by atoms with Gasteiger partial charge in [-0.2, -0.15) is 0 Å². The summed E-state index contributed by atoms with van der Waals surface area (Å²) in [6, 6.07) is 12.5. The van der Waals surface area contributed by atoms with Crippen LogP contribution in [0.2, 0.25) is 0 Å². The molecule has 1 heterocycles. The Morgan fingerprint density at radius 1 is 1.14 bits per heavy atom. The van der Waals surface area contributed by atoms with Gasteiger partial charge in [-0.15, -0.1) is 0 Å². The first-order valence-electron chi connectivity index (χ1n) is 9.00. The monoisotopic (exact) mass is 380 g/mol. The average molecular weight is 380 g/mol. The topological polar surface area (TPSA) is 73.0 Å². The third-order valence-corrected chi connectivity index (χ3v) is 4.72. The van der Waals surface area contributed by atoms with E-state index in [-0.39, 0.29) is 30.8 Å². The molecule has 7 nitrogen and oxygen atoms in total. The van der Waals surface area contributed by atoms with Crippen LogP contribution in [0.25, 0.3) is 0 Å². The van der Waals surface area contributed by atoms with E-state index in [0.717, 1.165) is 11.3 Å². The molecule has 1 aliphatic heterocycles. The van der Waals surface area contributed by atoms with Crippen LogP contribution in [0.4, 0.5) is 17.1 Å². The van der Waals surface area contributed by atoms with Gasteiger partial charge in [0.25, 0.3) is 5.91 Å². The van der Waals surface area contributed by atoms with Crippen molar-refractivity contribution in [2.24, 2.45) is 0 Å².